The Labute approximate surface area is 126 Å². The zero-order valence-electron chi connectivity index (χ0n) is 13.0. The maximum Gasteiger partial charge on any atom is 0.271 e. The molecular formula is C18H24N2O. The molecule has 0 saturated heterocycles. The summed E-state index contributed by atoms with van der Waals surface area (Å²) < 4.78 is 0. The molecule has 21 heavy (non-hydrogen) atoms. The Morgan fingerprint density at radius 3 is 2.71 bits per heavy atom. The van der Waals surface area contributed by atoms with Gasteiger partial charge in [-0.05, 0) is 38.3 Å². The Bertz CT molecular complexity index is 683. The summed E-state index contributed by atoms with van der Waals surface area (Å²) in [6.45, 7) is 5.08. The Morgan fingerprint density at radius 1 is 1.24 bits per heavy atom. The molecule has 1 heterocycles. The van der Waals surface area contributed by atoms with Crippen LogP contribution in [-0.2, 0) is 0 Å². The van der Waals surface area contributed by atoms with Gasteiger partial charge in [-0.25, -0.2) is 0 Å². The third-order valence-corrected chi connectivity index (χ3v) is 4.73. The number of aromatic amines is 1. The largest absolute Gasteiger partial charge is 0.364 e. The van der Waals surface area contributed by atoms with E-state index in [-0.39, 0.29) is 5.56 Å². The summed E-state index contributed by atoms with van der Waals surface area (Å²) >= 11 is 0. The fourth-order valence-electron chi connectivity index (χ4n) is 3.60. The van der Waals surface area contributed by atoms with Gasteiger partial charge in [0, 0.05) is 18.0 Å². The van der Waals surface area contributed by atoms with Crippen LogP contribution < -0.4 is 10.5 Å². The molecule has 1 saturated carbocycles. The SMILES string of the molecule is CCN(c1cc2cccc(C)c2[nH]c1=O)C1CCCCC1. The molecule has 1 fully saturated rings. The highest BCUT2D eigenvalue weighted by atomic mass is 16.1. The van der Waals surface area contributed by atoms with Crippen LogP contribution in [0.1, 0.15) is 44.6 Å². The number of hydrogen-bond acceptors (Lipinski definition) is 2. The molecule has 0 amide bonds. The van der Waals surface area contributed by atoms with Crippen molar-refractivity contribution in [2.24, 2.45) is 0 Å². The second kappa shape index (κ2) is 5.92. The van der Waals surface area contributed by atoms with Crippen molar-refractivity contribution in [3.05, 3.63) is 40.2 Å². The second-order valence-corrected chi connectivity index (χ2v) is 6.10. The molecule has 2 aromatic rings. The minimum Gasteiger partial charge on any atom is -0.364 e. The van der Waals surface area contributed by atoms with E-state index >= 15 is 0 Å². The number of nitrogens with zero attached hydrogens (tertiary/aromatic N) is 1. The predicted octanol–water partition coefficient (Wildman–Crippen LogP) is 4.00. The van der Waals surface area contributed by atoms with Crippen LogP contribution >= 0.6 is 0 Å². The van der Waals surface area contributed by atoms with Gasteiger partial charge in [-0.15, -0.1) is 0 Å². The topological polar surface area (TPSA) is 36.1 Å². The molecule has 0 bridgehead atoms. The summed E-state index contributed by atoms with van der Waals surface area (Å²) in [4.78, 5) is 17.9. The molecule has 1 aliphatic rings. The lowest BCUT2D eigenvalue weighted by Gasteiger charge is -2.34. The van der Waals surface area contributed by atoms with Crippen LogP contribution in [0.2, 0.25) is 0 Å². The van der Waals surface area contributed by atoms with Gasteiger partial charge in [-0.3, -0.25) is 4.79 Å². The molecule has 3 heteroatoms. The van der Waals surface area contributed by atoms with E-state index in [1.165, 1.54) is 32.1 Å². The normalized spacial score (nSPS) is 16.3. The molecule has 0 aliphatic heterocycles. The number of fused-ring (bicyclic) bond motifs is 1. The van der Waals surface area contributed by atoms with Crippen LogP contribution in [0.4, 0.5) is 5.69 Å². The molecule has 1 N–H and O–H groups in total. The van der Waals surface area contributed by atoms with E-state index in [2.05, 4.69) is 35.0 Å². The summed E-state index contributed by atoms with van der Waals surface area (Å²) in [5, 5.41) is 1.12. The summed E-state index contributed by atoms with van der Waals surface area (Å²) in [5.74, 6) is 0. The van der Waals surface area contributed by atoms with Crippen LogP contribution in [0.15, 0.2) is 29.1 Å². The summed E-state index contributed by atoms with van der Waals surface area (Å²) in [7, 11) is 0. The van der Waals surface area contributed by atoms with Crippen LogP contribution in [0.25, 0.3) is 10.9 Å². The fourth-order valence-corrected chi connectivity index (χ4v) is 3.60. The third kappa shape index (κ3) is 2.69. The molecule has 0 radical (unpaired) electrons. The number of hydrogen-bond donors (Lipinski definition) is 1. The zero-order chi connectivity index (χ0) is 14.8. The first kappa shape index (κ1) is 14.2. The quantitative estimate of drug-likeness (QED) is 0.925. The third-order valence-electron chi connectivity index (χ3n) is 4.73. The average Bonchev–Trinajstić information content (AvgIpc) is 2.51. The van der Waals surface area contributed by atoms with E-state index in [1.54, 1.807) is 0 Å². The molecule has 1 aromatic heterocycles. The Hall–Kier alpha value is -1.77. The van der Waals surface area contributed by atoms with Crippen molar-refractivity contribution < 1.29 is 0 Å². The molecule has 0 atom stereocenters. The van der Waals surface area contributed by atoms with Crippen molar-refractivity contribution in [2.45, 2.75) is 52.0 Å². The van der Waals surface area contributed by atoms with Crippen molar-refractivity contribution in [2.75, 3.05) is 11.4 Å². The summed E-state index contributed by atoms with van der Waals surface area (Å²) in [6, 6.07) is 8.76. The Kier molecular flexibility index (Phi) is 4.00. The van der Waals surface area contributed by atoms with Gasteiger partial charge >= 0.3 is 0 Å². The lowest BCUT2D eigenvalue weighted by Crippen LogP contribution is -2.39. The van der Waals surface area contributed by atoms with E-state index in [4.69, 9.17) is 0 Å². The molecular weight excluding hydrogens is 260 g/mol. The number of para-hydroxylation sites is 1. The molecule has 112 valence electrons. The van der Waals surface area contributed by atoms with Gasteiger partial charge in [0.15, 0.2) is 0 Å². The van der Waals surface area contributed by atoms with Crippen LogP contribution in [0.5, 0.6) is 0 Å². The highest BCUT2D eigenvalue weighted by Gasteiger charge is 2.22. The minimum absolute atomic E-state index is 0.0456. The van der Waals surface area contributed by atoms with E-state index in [9.17, 15) is 4.79 Å². The smallest absolute Gasteiger partial charge is 0.271 e. The highest BCUT2D eigenvalue weighted by molar-refractivity contribution is 5.84. The van der Waals surface area contributed by atoms with Gasteiger partial charge in [0.2, 0.25) is 0 Å². The van der Waals surface area contributed by atoms with Crippen molar-refractivity contribution in [3.63, 3.8) is 0 Å². The van der Waals surface area contributed by atoms with Gasteiger partial charge in [-0.2, -0.15) is 0 Å². The molecule has 0 spiro atoms. The number of nitrogens with one attached hydrogen (secondary N) is 1. The molecule has 1 aliphatic carbocycles. The van der Waals surface area contributed by atoms with Crippen LogP contribution in [0, 0.1) is 6.92 Å². The van der Waals surface area contributed by atoms with Crippen molar-refractivity contribution in [1.29, 1.82) is 0 Å². The fraction of sp³-hybridized carbons (Fsp3) is 0.500. The summed E-state index contributed by atoms with van der Waals surface area (Å²) in [5.41, 5.74) is 2.97. The number of rotatable bonds is 3. The minimum atomic E-state index is 0.0456. The van der Waals surface area contributed by atoms with Gasteiger partial charge in [0.05, 0.1) is 5.52 Å². The Balaban J connectivity index is 2.05. The average molecular weight is 284 g/mol. The van der Waals surface area contributed by atoms with Crippen molar-refractivity contribution in [1.82, 2.24) is 4.98 Å². The number of H-pyrrole nitrogens is 1. The van der Waals surface area contributed by atoms with Gasteiger partial charge < -0.3 is 9.88 Å². The number of aromatic nitrogens is 1. The monoisotopic (exact) mass is 284 g/mol. The lowest BCUT2D eigenvalue weighted by molar-refractivity contribution is 0.417. The maximum absolute atomic E-state index is 12.5. The first-order valence-electron chi connectivity index (χ1n) is 8.10. The molecule has 0 unspecified atom stereocenters. The molecule has 1 aromatic carbocycles. The van der Waals surface area contributed by atoms with Gasteiger partial charge in [0.1, 0.15) is 5.69 Å². The number of anilines is 1. The second-order valence-electron chi connectivity index (χ2n) is 6.10. The first-order valence-corrected chi connectivity index (χ1v) is 8.10. The number of benzene rings is 1. The predicted molar refractivity (Wildman–Crippen MR) is 89.2 cm³/mol. The number of aryl methyl sites for hydroxylation is 1. The molecule has 3 nitrogen and oxygen atoms in total. The summed E-state index contributed by atoms with van der Waals surface area (Å²) in [6.07, 6.45) is 6.32. The zero-order valence-corrected chi connectivity index (χ0v) is 13.0. The van der Waals surface area contributed by atoms with E-state index in [0.29, 0.717) is 6.04 Å². The Morgan fingerprint density at radius 2 is 2.00 bits per heavy atom. The van der Waals surface area contributed by atoms with Crippen molar-refractivity contribution >= 4 is 16.6 Å². The van der Waals surface area contributed by atoms with Crippen molar-refractivity contribution in [3.8, 4) is 0 Å². The van der Waals surface area contributed by atoms with E-state index in [1.807, 2.05) is 13.0 Å². The number of pyridine rings is 1. The molecule has 3 rings (SSSR count). The van der Waals surface area contributed by atoms with Crippen LogP contribution in [0.3, 0.4) is 0 Å². The lowest BCUT2D eigenvalue weighted by atomic mass is 9.94. The van der Waals surface area contributed by atoms with Crippen LogP contribution in [-0.4, -0.2) is 17.6 Å². The van der Waals surface area contributed by atoms with Gasteiger partial charge in [-0.1, -0.05) is 37.5 Å². The first-order chi connectivity index (χ1) is 10.2. The maximum atomic E-state index is 12.5. The van der Waals surface area contributed by atoms with Gasteiger partial charge in [0.25, 0.3) is 5.56 Å². The highest BCUT2D eigenvalue weighted by Crippen LogP contribution is 2.27. The van der Waals surface area contributed by atoms with E-state index < -0.39 is 0 Å². The van der Waals surface area contributed by atoms with E-state index in [0.717, 1.165) is 28.7 Å². The standard InChI is InChI=1S/C18H24N2O/c1-3-20(15-10-5-4-6-11-15)16-12-14-9-7-8-13(2)17(14)19-18(16)21/h7-9,12,15H,3-6,10-11H2,1-2H3,(H,19,21).